The molecule has 1 unspecified atom stereocenters. The molecule has 0 aliphatic rings. The predicted molar refractivity (Wildman–Crippen MR) is 57.4 cm³/mol. The SMILES string of the molecule is COCC(C)NC(=O)c1ccnc(N)c1F. The van der Waals surface area contributed by atoms with Gasteiger partial charge in [0.1, 0.15) is 0 Å². The maximum atomic E-state index is 13.4. The van der Waals surface area contributed by atoms with Crippen molar-refractivity contribution in [2.45, 2.75) is 13.0 Å². The standard InChI is InChI=1S/C10H14FN3O2/c1-6(5-16-2)14-10(15)7-3-4-13-9(12)8(7)11/h3-4,6H,5H2,1-2H3,(H2,12,13)(H,14,15). The van der Waals surface area contributed by atoms with E-state index < -0.39 is 11.7 Å². The number of hydrogen-bond donors (Lipinski definition) is 2. The molecule has 1 heterocycles. The monoisotopic (exact) mass is 227 g/mol. The highest BCUT2D eigenvalue weighted by Gasteiger charge is 2.16. The third kappa shape index (κ3) is 2.90. The van der Waals surface area contributed by atoms with Gasteiger partial charge in [-0.2, -0.15) is 0 Å². The van der Waals surface area contributed by atoms with Gasteiger partial charge in [-0.15, -0.1) is 0 Å². The molecule has 6 heteroatoms. The van der Waals surface area contributed by atoms with E-state index in [9.17, 15) is 9.18 Å². The van der Waals surface area contributed by atoms with Crippen LogP contribution in [0, 0.1) is 5.82 Å². The summed E-state index contributed by atoms with van der Waals surface area (Å²) in [6.07, 6.45) is 1.29. The Morgan fingerprint density at radius 2 is 2.44 bits per heavy atom. The first kappa shape index (κ1) is 12.4. The van der Waals surface area contributed by atoms with E-state index in [4.69, 9.17) is 10.5 Å². The van der Waals surface area contributed by atoms with E-state index >= 15 is 0 Å². The molecule has 1 amide bonds. The van der Waals surface area contributed by atoms with E-state index in [-0.39, 0.29) is 17.4 Å². The summed E-state index contributed by atoms with van der Waals surface area (Å²) in [7, 11) is 1.52. The maximum absolute atomic E-state index is 13.4. The number of carbonyl (C=O) groups is 1. The number of nitrogens with one attached hydrogen (secondary N) is 1. The summed E-state index contributed by atoms with van der Waals surface area (Å²) >= 11 is 0. The fourth-order valence-electron chi connectivity index (χ4n) is 1.23. The molecule has 1 aromatic heterocycles. The highest BCUT2D eigenvalue weighted by atomic mass is 19.1. The second-order valence-electron chi connectivity index (χ2n) is 3.39. The third-order valence-electron chi connectivity index (χ3n) is 1.95. The number of amides is 1. The average molecular weight is 227 g/mol. The van der Waals surface area contributed by atoms with Gasteiger partial charge in [0.25, 0.3) is 5.91 Å². The molecule has 16 heavy (non-hydrogen) atoms. The van der Waals surface area contributed by atoms with Crippen molar-refractivity contribution in [3.63, 3.8) is 0 Å². The average Bonchev–Trinajstić information content (AvgIpc) is 2.22. The number of nitrogens with two attached hydrogens (primary N) is 1. The van der Waals surface area contributed by atoms with E-state index in [1.165, 1.54) is 19.4 Å². The molecular weight excluding hydrogens is 213 g/mol. The molecule has 0 saturated carbocycles. The molecule has 5 nitrogen and oxygen atoms in total. The Labute approximate surface area is 92.8 Å². The number of methoxy groups -OCH3 is 1. The van der Waals surface area contributed by atoms with E-state index in [2.05, 4.69) is 10.3 Å². The summed E-state index contributed by atoms with van der Waals surface area (Å²) in [6.45, 7) is 2.11. The van der Waals surface area contributed by atoms with Crippen molar-refractivity contribution in [2.24, 2.45) is 0 Å². The van der Waals surface area contributed by atoms with Gasteiger partial charge in [-0.1, -0.05) is 0 Å². The second kappa shape index (κ2) is 5.41. The van der Waals surface area contributed by atoms with Crippen LogP contribution in [0.1, 0.15) is 17.3 Å². The van der Waals surface area contributed by atoms with Gasteiger partial charge >= 0.3 is 0 Å². The van der Waals surface area contributed by atoms with Crippen molar-refractivity contribution in [1.29, 1.82) is 0 Å². The van der Waals surface area contributed by atoms with Crippen LogP contribution in [0.15, 0.2) is 12.3 Å². The van der Waals surface area contributed by atoms with Gasteiger partial charge in [0.2, 0.25) is 0 Å². The van der Waals surface area contributed by atoms with Crippen molar-refractivity contribution < 1.29 is 13.9 Å². The molecule has 0 aliphatic heterocycles. The predicted octanol–water partition coefficient (Wildman–Crippen LogP) is 0.568. The summed E-state index contributed by atoms with van der Waals surface area (Å²) in [5.74, 6) is -1.62. The number of rotatable bonds is 4. The molecule has 0 bridgehead atoms. The Bertz CT molecular complexity index is 384. The lowest BCUT2D eigenvalue weighted by Gasteiger charge is -2.13. The number of anilines is 1. The molecule has 0 aromatic carbocycles. The lowest BCUT2D eigenvalue weighted by Crippen LogP contribution is -2.36. The van der Waals surface area contributed by atoms with Gasteiger partial charge in [-0.05, 0) is 13.0 Å². The zero-order chi connectivity index (χ0) is 12.1. The minimum absolute atomic E-state index is 0.115. The minimum atomic E-state index is -0.801. The molecule has 0 radical (unpaired) electrons. The Morgan fingerprint density at radius 1 is 1.75 bits per heavy atom. The van der Waals surface area contributed by atoms with Crippen molar-refractivity contribution >= 4 is 11.7 Å². The summed E-state index contributed by atoms with van der Waals surface area (Å²) in [4.78, 5) is 15.1. The Morgan fingerprint density at radius 3 is 3.06 bits per heavy atom. The number of halogens is 1. The van der Waals surface area contributed by atoms with Crippen LogP contribution in [0.2, 0.25) is 0 Å². The van der Waals surface area contributed by atoms with E-state index in [1.54, 1.807) is 6.92 Å². The van der Waals surface area contributed by atoms with Crippen molar-refractivity contribution in [3.05, 3.63) is 23.6 Å². The van der Waals surface area contributed by atoms with Crippen LogP contribution < -0.4 is 11.1 Å². The third-order valence-corrected chi connectivity index (χ3v) is 1.95. The molecule has 3 N–H and O–H groups in total. The number of nitrogens with zero attached hydrogens (tertiary/aromatic N) is 1. The van der Waals surface area contributed by atoms with Gasteiger partial charge in [-0.25, -0.2) is 9.37 Å². The normalized spacial score (nSPS) is 12.2. The van der Waals surface area contributed by atoms with Crippen LogP contribution in [-0.4, -0.2) is 30.6 Å². The van der Waals surface area contributed by atoms with E-state index in [0.29, 0.717) is 6.61 Å². The lowest BCUT2D eigenvalue weighted by molar-refractivity contribution is 0.0901. The zero-order valence-corrected chi connectivity index (χ0v) is 9.16. The molecule has 1 atom stereocenters. The summed E-state index contributed by atoms with van der Waals surface area (Å²) in [5, 5.41) is 2.58. The van der Waals surface area contributed by atoms with Gasteiger partial charge in [0.05, 0.1) is 12.2 Å². The van der Waals surface area contributed by atoms with Crippen LogP contribution in [-0.2, 0) is 4.74 Å². The minimum Gasteiger partial charge on any atom is -0.383 e. The van der Waals surface area contributed by atoms with Crippen LogP contribution >= 0.6 is 0 Å². The van der Waals surface area contributed by atoms with Gasteiger partial charge < -0.3 is 15.8 Å². The van der Waals surface area contributed by atoms with Crippen LogP contribution in [0.3, 0.4) is 0 Å². The molecule has 0 saturated heterocycles. The van der Waals surface area contributed by atoms with Gasteiger partial charge in [0.15, 0.2) is 11.6 Å². The quantitative estimate of drug-likeness (QED) is 0.788. The Kier molecular flexibility index (Phi) is 4.19. The van der Waals surface area contributed by atoms with Crippen LogP contribution in [0.4, 0.5) is 10.2 Å². The van der Waals surface area contributed by atoms with Gasteiger partial charge in [-0.3, -0.25) is 4.79 Å². The van der Waals surface area contributed by atoms with Crippen molar-refractivity contribution in [3.8, 4) is 0 Å². The molecular formula is C10H14FN3O2. The highest BCUT2D eigenvalue weighted by Crippen LogP contribution is 2.11. The van der Waals surface area contributed by atoms with Crippen LogP contribution in [0.5, 0.6) is 0 Å². The Balaban J connectivity index is 2.77. The smallest absolute Gasteiger partial charge is 0.254 e. The summed E-state index contributed by atoms with van der Waals surface area (Å²) < 4.78 is 18.3. The number of hydrogen-bond acceptors (Lipinski definition) is 4. The first-order valence-corrected chi connectivity index (χ1v) is 4.76. The van der Waals surface area contributed by atoms with Crippen molar-refractivity contribution in [2.75, 3.05) is 19.5 Å². The lowest BCUT2D eigenvalue weighted by atomic mass is 10.2. The molecule has 1 aromatic rings. The van der Waals surface area contributed by atoms with E-state index in [0.717, 1.165) is 0 Å². The number of carbonyl (C=O) groups excluding carboxylic acids is 1. The fraction of sp³-hybridized carbons (Fsp3) is 0.400. The number of nitrogen functional groups attached to an aromatic ring is 1. The topological polar surface area (TPSA) is 77.2 Å². The zero-order valence-electron chi connectivity index (χ0n) is 9.16. The fourth-order valence-corrected chi connectivity index (χ4v) is 1.23. The molecule has 0 aliphatic carbocycles. The number of ether oxygens (including phenoxy) is 1. The Hall–Kier alpha value is -1.69. The molecule has 0 spiro atoms. The van der Waals surface area contributed by atoms with Gasteiger partial charge in [0, 0.05) is 19.3 Å². The van der Waals surface area contributed by atoms with Crippen molar-refractivity contribution in [1.82, 2.24) is 10.3 Å². The second-order valence-corrected chi connectivity index (χ2v) is 3.39. The first-order valence-electron chi connectivity index (χ1n) is 4.76. The summed E-state index contributed by atoms with van der Waals surface area (Å²) in [6, 6.07) is 1.08. The number of pyridine rings is 1. The van der Waals surface area contributed by atoms with Crippen LogP contribution in [0.25, 0.3) is 0 Å². The maximum Gasteiger partial charge on any atom is 0.254 e. The molecule has 0 fully saturated rings. The highest BCUT2D eigenvalue weighted by molar-refractivity contribution is 5.95. The van der Waals surface area contributed by atoms with E-state index in [1.807, 2.05) is 0 Å². The largest absolute Gasteiger partial charge is 0.383 e. The molecule has 1 rings (SSSR count). The number of aromatic nitrogens is 1. The molecule has 88 valence electrons. The first-order chi connectivity index (χ1) is 7.56. The summed E-state index contributed by atoms with van der Waals surface area (Å²) in [5.41, 5.74) is 5.14.